The molecule has 0 saturated heterocycles. The number of nitrogens with one attached hydrogen (secondary N) is 1. The molecule has 0 bridgehead atoms. The number of pyridine rings is 1. The number of aryl methyl sites for hydroxylation is 2. The molecule has 2 aliphatic rings. The van der Waals surface area contributed by atoms with Gasteiger partial charge < -0.3 is 4.98 Å². The molecule has 35 heavy (non-hydrogen) atoms. The fraction of sp³-hybridized carbons (Fsp3) is 0.429. The fourth-order valence-corrected chi connectivity index (χ4v) is 5.90. The van der Waals surface area contributed by atoms with Crippen molar-refractivity contribution in [3.05, 3.63) is 86.5 Å². The zero-order chi connectivity index (χ0) is 23.9. The van der Waals surface area contributed by atoms with Crippen molar-refractivity contribution in [2.75, 3.05) is 6.54 Å². The third kappa shape index (κ3) is 4.08. The van der Waals surface area contributed by atoms with Gasteiger partial charge in [-0.3, -0.25) is 9.69 Å². The minimum Gasteiger partial charge on any atom is -0.322 e. The number of hydrogen-bond acceptors (Lipinski definition) is 5. The third-order valence-electron chi connectivity index (χ3n) is 7.99. The SMILES string of the molecule is Cc1cc2cc(C(c3nnnn3C3CCCCC3)N3CCc4ccccc4C3)c(=O)[nH]c2cc1C. The van der Waals surface area contributed by atoms with Crippen LogP contribution in [0.3, 0.4) is 0 Å². The first-order chi connectivity index (χ1) is 17.1. The monoisotopic (exact) mass is 468 g/mol. The summed E-state index contributed by atoms with van der Waals surface area (Å²) in [5, 5.41) is 14.2. The summed E-state index contributed by atoms with van der Waals surface area (Å²) in [7, 11) is 0. The second kappa shape index (κ2) is 9.04. The van der Waals surface area contributed by atoms with Gasteiger partial charge in [0, 0.05) is 24.2 Å². The van der Waals surface area contributed by atoms with Crippen LogP contribution < -0.4 is 5.56 Å². The molecule has 1 N–H and O–H groups in total. The van der Waals surface area contributed by atoms with Crippen LogP contribution in [0.4, 0.5) is 0 Å². The van der Waals surface area contributed by atoms with Gasteiger partial charge in [0.15, 0.2) is 5.82 Å². The number of fused-ring (bicyclic) bond motifs is 2. The number of H-pyrrole nitrogens is 1. The number of hydrogen-bond donors (Lipinski definition) is 1. The summed E-state index contributed by atoms with van der Waals surface area (Å²) >= 11 is 0. The van der Waals surface area contributed by atoms with E-state index in [-0.39, 0.29) is 17.6 Å². The highest BCUT2D eigenvalue weighted by Gasteiger charge is 2.34. The lowest BCUT2D eigenvalue weighted by atomic mass is 9.93. The van der Waals surface area contributed by atoms with Crippen LogP contribution >= 0.6 is 0 Å². The van der Waals surface area contributed by atoms with Gasteiger partial charge in [-0.2, -0.15) is 0 Å². The first kappa shape index (κ1) is 22.2. The standard InChI is InChI=1S/C28H32N6O/c1-18-14-22-16-24(28(35)29-25(22)15-19(18)2)26(33-13-12-20-8-6-7-9-21(20)17-33)27-30-31-32-34(27)23-10-4-3-5-11-23/h6-9,14-16,23,26H,3-5,10-13,17H2,1-2H3,(H,29,35). The maximum atomic E-state index is 13.6. The minimum absolute atomic E-state index is 0.0668. The Kier molecular flexibility index (Phi) is 5.72. The highest BCUT2D eigenvalue weighted by Crippen LogP contribution is 2.35. The van der Waals surface area contributed by atoms with Crippen LogP contribution in [0, 0.1) is 13.8 Å². The van der Waals surface area contributed by atoms with Gasteiger partial charge in [0.1, 0.15) is 6.04 Å². The van der Waals surface area contributed by atoms with Gasteiger partial charge in [-0.25, -0.2) is 4.68 Å². The van der Waals surface area contributed by atoms with E-state index in [9.17, 15) is 4.79 Å². The van der Waals surface area contributed by atoms with Crippen molar-refractivity contribution in [1.82, 2.24) is 30.1 Å². The van der Waals surface area contributed by atoms with Crippen molar-refractivity contribution in [3.8, 4) is 0 Å². The van der Waals surface area contributed by atoms with Crippen molar-refractivity contribution < 1.29 is 0 Å². The highest BCUT2D eigenvalue weighted by atomic mass is 16.1. The van der Waals surface area contributed by atoms with Crippen LogP contribution in [0.25, 0.3) is 10.9 Å². The third-order valence-corrected chi connectivity index (χ3v) is 7.99. The number of tetrazole rings is 1. The van der Waals surface area contributed by atoms with E-state index in [2.05, 4.69) is 81.7 Å². The molecule has 0 spiro atoms. The normalized spacial score (nSPS) is 18.0. The first-order valence-corrected chi connectivity index (χ1v) is 12.8. The van der Waals surface area contributed by atoms with Gasteiger partial charge in [-0.15, -0.1) is 5.10 Å². The number of rotatable bonds is 4. The molecule has 2 aromatic heterocycles. The molecule has 6 rings (SSSR count). The predicted molar refractivity (Wildman–Crippen MR) is 136 cm³/mol. The quantitative estimate of drug-likeness (QED) is 0.466. The Morgan fingerprint density at radius 2 is 1.77 bits per heavy atom. The Bertz CT molecular complexity index is 1430. The van der Waals surface area contributed by atoms with Crippen molar-refractivity contribution >= 4 is 10.9 Å². The lowest BCUT2D eigenvalue weighted by Crippen LogP contribution is -2.39. The molecule has 1 atom stereocenters. The molecule has 7 heteroatoms. The van der Waals surface area contributed by atoms with Crippen molar-refractivity contribution in [2.24, 2.45) is 0 Å². The molecule has 3 heterocycles. The van der Waals surface area contributed by atoms with Crippen molar-refractivity contribution in [3.63, 3.8) is 0 Å². The summed E-state index contributed by atoms with van der Waals surface area (Å²) in [6, 6.07) is 14.9. The minimum atomic E-state index is -0.310. The first-order valence-electron chi connectivity index (χ1n) is 12.8. The smallest absolute Gasteiger partial charge is 0.253 e. The molecule has 4 aromatic rings. The molecule has 1 fully saturated rings. The molecular formula is C28H32N6O. The molecule has 1 saturated carbocycles. The van der Waals surface area contributed by atoms with Gasteiger partial charge in [-0.05, 0) is 89.4 Å². The average Bonchev–Trinajstić information content (AvgIpc) is 3.36. The Balaban J connectivity index is 1.50. The van der Waals surface area contributed by atoms with Crippen LogP contribution in [0.1, 0.15) is 77.8 Å². The van der Waals surface area contributed by atoms with Crippen molar-refractivity contribution in [2.45, 2.75) is 71.0 Å². The lowest BCUT2D eigenvalue weighted by molar-refractivity contribution is 0.187. The number of nitrogens with zero attached hydrogens (tertiary/aromatic N) is 5. The lowest BCUT2D eigenvalue weighted by Gasteiger charge is -2.35. The molecule has 1 aliphatic carbocycles. The number of aromatic nitrogens is 5. The Labute approximate surface area is 205 Å². The summed E-state index contributed by atoms with van der Waals surface area (Å²) < 4.78 is 2.02. The van der Waals surface area contributed by atoms with Crippen LogP contribution in [-0.2, 0) is 13.0 Å². The molecular weight excluding hydrogens is 436 g/mol. The van der Waals surface area contributed by atoms with Gasteiger partial charge >= 0.3 is 0 Å². The Morgan fingerprint density at radius 1 is 1.00 bits per heavy atom. The summed E-state index contributed by atoms with van der Waals surface area (Å²) in [5.74, 6) is 0.782. The fourth-order valence-electron chi connectivity index (χ4n) is 5.90. The molecule has 180 valence electrons. The van der Waals surface area contributed by atoms with E-state index in [0.29, 0.717) is 5.56 Å². The van der Waals surface area contributed by atoms with Gasteiger partial charge in [-0.1, -0.05) is 43.5 Å². The average molecular weight is 469 g/mol. The summed E-state index contributed by atoms with van der Waals surface area (Å²) in [5.41, 5.74) is 6.60. The van der Waals surface area contributed by atoms with E-state index in [1.165, 1.54) is 41.5 Å². The van der Waals surface area contributed by atoms with Gasteiger partial charge in [0.05, 0.1) is 6.04 Å². The van der Waals surface area contributed by atoms with Crippen LogP contribution in [0.5, 0.6) is 0 Å². The topological polar surface area (TPSA) is 79.7 Å². The summed E-state index contributed by atoms with van der Waals surface area (Å²) in [4.78, 5) is 19.1. The molecule has 0 amide bonds. The maximum Gasteiger partial charge on any atom is 0.253 e. The molecule has 1 unspecified atom stereocenters. The molecule has 2 aromatic carbocycles. The zero-order valence-electron chi connectivity index (χ0n) is 20.5. The van der Waals surface area contributed by atoms with Gasteiger partial charge in [0.25, 0.3) is 5.56 Å². The van der Waals surface area contributed by atoms with Crippen LogP contribution in [-0.4, -0.2) is 36.6 Å². The predicted octanol–water partition coefficient (Wildman–Crippen LogP) is 4.78. The van der Waals surface area contributed by atoms with E-state index in [0.717, 1.165) is 49.1 Å². The Hall–Kier alpha value is -3.32. The summed E-state index contributed by atoms with van der Waals surface area (Å²) in [6.07, 6.45) is 6.77. The van der Waals surface area contributed by atoms with Crippen molar-refractivity contribution in [1.29, 1.82) is 0 Å². The van der Waals surface area contributed by atoms with E-state index in [1.807, 2.05) is 4.68 Å². The van der Waals surface area contributed by atoms with E-state index < -0.39 is 0 Å². The molecule has 7 nitrogen and oxygen atoms in total. The van der Waals surface area contributed by atoms with Crippen LogP contribution in [0.2, 0.25) is 0 Å². The van der Waals surface area contributed by atoms with E-state index >= 15 is 0 Å². The largest absolute Gasteiger partial charge is 0.322 e. The Morgan fingerprint density at radius 3 is 2.60 bits per heavy atom. The maximum absolute atomic E-state index is 13.6. The second-order valence-corrected chi connectivity index (χ2v) is 10.2. The second-order valence-electron chi connectivity index (χ2n) is 10.2. The molecule has 0 radical (unpaired) electrons. The summed E-state index contributed by atoms with van der Waals surface area (Å²) in [6.45, 7) is 5.81. The van der Waals surface area contributed by atoms with E-state index in [4.69, 9.17) is 0 Å². The number of benzene rings is 2. The van der Waals surface area contributed by atoms with Crippen LogP contribution in [0.15, 0.2) is 47.3 Å². The highest BCUT2D eigenvalue weighted by molar-refractivity contribution is 5.81. The molecule has 1 aliphatic heterocycles. The van der Waals surface area contributed by atoms with E-state index in [1.54, 1.807) is 0 Å². The number of aromatic amines is 1. The van der Waals surface area contributed by atoms with Gasteiger partial charge in [0.2, 0.25) is 0 Å². The zero-order valence-corrected chi connectivity index (χ0v) is 20.5.